The van der Waals surface area contributed by atoms with Gasteiger partial charge in [0.2, 0.25) is 5.91 Å². The third-order valence-corrected chi connectivity index (χ3v) is 6.27. The Morgan fingerprint density at radius 1 is 1.14 bits per heavy atom. The molecule has 1 aromatic carbocycles. The number of halogens is 1. The first-order chi connectivity index (χ1) is 16.8. The van der Waals surface area contributed by atoms with Crippen LogP contribution < -0.4 is 11.1 Å². The molecule has 3 aromatic heterocycles. The van der Waals surface area contributed by atoms with E-state index >= 15 is 0 Å². The van der Waals surface area contributed by atoms with Crippen LogP contribution in [0.5, 0.6) is 0 Å². The van der Waals surface area contributed by atoms with E-state index in [1.54, 1.807) is 30.3 Å². The van der Waals surface area contributed by atoms with Crippen LogP contribution >= 0.6 is 0 Å². The molecule has 1 aliphatic rings. The molecule has 3 N–H and O–H groups in total. The van der Waals surface area contributed by atoms with Crippen molar-refractivity contribution in [1.82, 2.24) is 29.6 Å². The number of benzene rings is 1. The smallest absolute Gasteiger partial charge is 0.273 e. The highest BCUT2D eigenvalue weighted by molar-refractivity contribution is 5.98. The van der Waals surface area contributed by atoms with Gasteiger partial charge in [0.1, 0.15) is 11.5 Å². The van der Waals surface area contributed by atoms with Gasteiger partial charge in [0, 0.05) is 49.4 Å². The Morgan fingerprint density at radius 2 is 1.86 bits per heavy atom. The molecule has 1 fully saturated rings. The van der Waals surface area contributed by atoms with Gasteiger partial charge in [-0.05, 0) is 49.7 Å². The van der Waals surface area contributed by atoms with E-state index in [1.807, 2.05) is 29.7 Å². The summed E-state index contributed by atoms with van der Waals surface area (Å²) in [6, 6.07) is 9.52. The summed E-state index contributed by atoms with van der Waals surface area (Å²) in [6.07, 6.45) is 4.30. The lowest BCUT2D eigenvalue weighted by Gasteiger charge is -2.15. The average Bonchev–Trinajstić information content (AvgIpc) is 3.39. The quantitative estimate of drug-likeness (QED) is 0.460. The first-order valence-electron chi connectivity index (χ1n) is 11.2. The second kappa shape index (κ2) is 8.79. The normalized spacial score (nSPS) is 15.7. The number of nitrogens with one attached hydrogen (secondary N) is 1. The Hall–Kier alpha value is -4.34. The van der Waals surface area contributed by atoms with Gasteiger partial charge in [0.25, 0.3) is 5.91 Å². The fourth-order valence-corrected chi connectivity index (χ4v) is 4.25. The number of anilines is 1. The predicted octanol–water partition coefficient (Wildman–Crippen LogP) is 2.70. The zero-order valence-electron chi connectivity index (χ0n) is 19.3. The summed E-state index contributed by atoms with van der Waals surface area (Å²) < 4.78 is 15.5. The molecule has 1 aliphatic heterocycles. The fraction of sp³-hybridized carbons (Fsp3) is 0.240. The number of amides is 2. The van der Waals surface area contributed by atoms with E-state index in [0.29, 0.717) is 35.5 Å². The van der Waals surface area contributed by atoms with Crippen molar-refractivity contribution >= 4 is 23.3 Å². The predicted molar refractivity (Wildman–Crippen MR) is 129 cm³/mol. The summed E-state index contributed by atoms with van der Waals surface area (Å²) in [5.74, 6) is -1.22. The number of pyridine rings is 1. The zero-order chi connectivity index (χ0) is 24.7. The van der Waals surface area contributed by atoms with Gasteiger partial charge >= 0.3 is 0 Å². The number of nitrogens with zero attached hydrogens (tertiary/aromatic N) is 5. The molecule has 0 bridgehead atoms. The molecular weight excluding hydrogens is 449 g/mol. The van der Waals surface area contributed by atoms with Crippen molar-refractivity contribution in [3.8, 4) is 22.5 Å². The molecule has 10 heteroatoms. The van der Waals surface area contributed by atoms with E-state index in [4.69, 9.17) is 5.73 Å². The van der Waals surface area contributed by atoms with E-state index in [9.17, 15) is 14.0 Å². The van der Waals surface area contributed by atoms with Crippen LogP contribution in [0.2, 0.25) is 0 Å². The van der Waals surface area contributed by atoms with E-state index in [1.165, 1.54) is 12.1 Å². The van der Waals surface area contributed by atoms with Gasteiger partial charge in [-0.15, -0.1) is 0 Å². The largest absolute Gasteiger partial charge is 0.382 e. The molecule has 35 heavy (non-hydrogen) atoms. The number of aryl methyl sites for hydroxylation is 1. The molecule has 0 radical (unpaired) electrons. The minimum atomic E-state index is -0.510. The van der Waals surface area contributed by atoms with Crippen molar-refractivity contribution < 1.29 is 14.0 Å². The number of carbonyl (C=O) groups is 2. The first-order valence-corrected chi connectivity index (χ1v) is 11.2. The third kappa shape index (κ3) is 4.18. The maximum absolute atomic E-state index is 13.6. The Morgan fingerprint density at radius 3 is 2.57 bits per heavy atom. The van der Waals surface area contributed by atoms with Crippen LogP contribution in [0.15, 0.2) is 48.8 Å². The van der Waals surface area contributed by atoms with Crippen molar-refractivity contribution in [3.63, 3.8) is 0 Å². The van der Waals surface area contributed by atoms with E-state index in [2.05, 4.69) is 20.3 Å². The number of fused-ring (bicyclic) bond motifs is 1. The molecule has 2 amide bonds. The van der Waals surface area contributed by atoms with Crippen LogP contribution in [-0.4, -0.2) is 56.2 Å². The lowest BCUT2D eigenvalue weighted by atomic mass is 10.0. The number of imidazole rings is 1. The highest BCUT2D eigenvalue weighted by Crippen LogP contribution is 2.31. The highest BCUT2D eigenvalue weighted by atomic mass is 19.1. The van der Waals surface area contributed by atoms with Gasteiger partial charge in [-0.25, -0.2) is 19.3 Å². The molecule has 0 aliphatic carbocycles. The topological polar surface area (TPSA) is 119 Å². The summed E-state index contributed by atoms with van der Waals surface area (Å²) in [5, 5.41) is 2.78. The van der Waals surface area contributed by atoms with Crippen molar-refractivity contribution in [2.75, 3.05) is 25.9 Å². The highest BCUT2D eigenvalue weighted by Gasteiger charge is 2.30. The second-order valence-corrected chi connectivity index (χ2v) is 8.66. The van der Waals surface area contributed by atoms with E-state index < -0.39 is 5.91 Å². The third-order valence-electron chi connectivity index (χ3n) is 6.27. The van der Waals surface area contributed by atoms with Crippen molar-refractivity contribution in [2.24, 2.45) is 5.92 Å². The number of hydrogen-bond acceptors (Lipinski definition) is 6. The number of carbonyl (C=O) groups excluding carboxylic acids is 2. The Kier molecular flexibility index (Phi) is 5.64. The maximum atomic E-state index is 13.6. The number of hydrogen-bond donors (Lipinski definition) is 2. The molecule has 5 rings (SSSR count). The van der Waals surface area contributed by atoms with Gasteiger partial charge in [0.15, 0.2) is 11.5 Å². The van der Waals surface area contributed by atoms with Crippen LogP contribution in [0.25, 0.3) is 28.2 Å². The molecule has 1 saturated heterocycles. The molecule has 4 heterocycles. The first kappa shape index (κ1) is 22.5. The summed E-state index contributed by atoms with van der Waals surface area (Å²) in [4.78, 5) is 40.3. The minimum Gasteiger partial charge on any atom is -0.382 e. The Bertz CT molecular complexity index is 1450. The summed E-state index contributed by atoms with van der Waals surface area (Å²) in [5.41, 5.74) is 9.96. The number of nitrogens with two attached hydrogens (primary N) is 1. The standard InChI is InChI=1S/C25H24FN7O2/c1-14-11-28-19-8-5-17(13-33(14)19)21-20(15-3-6-18(26)7-4-15)31-23(27)22(30-21)24(34)29-12-16-9-10-32(2)25(16)35/h3-8,11,13,16H,9-10,12H2,1-2H3,(H2,27,31)(H,29,34). The Labute approximate surface area is 200 Å². The van der Waals surface area contributed by atoms with Gasteiger partial charge in [-0.2, -0.15) is 0 Å². The number of aromatic nitrogens is 4. The lowest BCUT2D eigenvalue weighted by Crippen LogP contribution is -2.34. The van der Waals surface area contributed by atoms with Crippen LogP contribution in [0.1, 0.15) is 22.6 Å². The zero-order valence-corrected chi connectivity index (χ0v) is 19.3. The molecule has 1 unspecified atom stereocenters. The van der Waals surface area contributed by atoms with Gasteiger partial charge in [0.05, 0.1) is 17.3 Å². The number of nitrogen functional groups attached to an aromatic ring is 1. The molecule has 0 saturated carbocycles. The SMILES string of the molecule is Cc1cnc2ccc(-c3nc(C(=O)NCC4CCN(C)C4=O)c(N)nc3-c3ccc(F)cc3)cn12. The van der Waals surface area contributed by atoms with Gasteiger partial charge in [-0.3, -0.25) is 9.59 Å². The van der Waals surface area contributed by atoms with E-state index in [0.717, 1.165) is 11.3 Å². The summed E-state index contributed by atoms with van der Waals surface area (Å²) in [6.45, 7) is 2.78. The number of rotatable bonds is 5. The Balaban J connectivity index is 1.56. The second-order valence-electron chi connectivity index (χ2n) is 8.66. The molecule has 178 valence electrons. The van der Waals surface area contributed by atoms with Gasteiger partial charge < -0.3 is 20.4 Å². The average molecular weight is 474 g/mol. The summed E-state index contributed by atoms with van der Waals surface area (Å²) >= 11 is 0. The van der Waals surface area contributed by atoms with E-state index in [-0.39, 0.29) is 35.7 Å². The van der Waals surface area contributed by atoms with Crippen LogP contribution in [0.4, 0.5) is 10.2 Å². The van der Waals surface area contributed by atoms with Crippen molar-refractivity contribution in [2.45, 2.75) is 13.3 Å². The van der Waals surface area contributed by atoms with Crippen molar-refractivity contribution in [3.05, 3.63) is 66.0 Å². The molecular formula is C25H24FN7O2. The molecule has 0 spiro atoms. The lowest BCUT2D eigenvalue weighted by molar-refractivity contribution is -0.129. The molecule has 4 aromatic rings. The van der Waals surface area contributed by atoms with Crippen LogP contribution in [0, 0.1) is 18.7 Å². The minimum absolute atomic E-state index is 0.000655. The fourth-order valence-electron chi connectivity index (χ4n) is 4.25. The molecule has 1 atom stereocenters. The summed E-state index contributed by atoms with van der Waals surface area (Å²) in [7, 11) is 1.74. The maximum Gasteiger partial charge on any atom is 0.273 e. The van der Waals surface area contributed by atoms with Crippen LogP contribution in [0.3, 0.4) is 0 Å². The molecule has 9 nitrogen and oxygen atoms in total. The number of likely N-dealkylation sites (tertiary alicyclic amines) is 1. The van der Waals surface area contributed by atoms with Crippen molar-refractivity contribution in [1.29, 1.82) is 0 Å². The van der Waals surface area contributed by atoms with Crippen LogP contribution in [-0.2, 0) is 4.79 Å². The van der Waals surface area contributed by atoms with Gasteiger partial charge in [-0.1, -0.05) is 0 Å². The monoisotopic (exact) mass is 473 g/mol.